The molecule has 0 bridgehead atoms. The Kier molecular flexibility index (Phi) is 6.82. The molecule has 0 aliphatic rings. The van der Waals surface area contributed by atoms with Crippen molar-refractivity contribution in [3.05, 3.63) is 60.8 Å². The van der Waals surface area contributed by atoms with Gasteiger partial charge in [-0.2, -0.15) is 0 Å². The van der Waals surface area contributed by atoms with E-state index in [4.69, 9.17) is 9.47 Å². The Morgan fingerprint density at radius 2 is 1.74 bits per heavy atom. The maximum atomic E-state index is 13.2. The van der Waals surface area contributed by atoms with Crippen LogP contribution >= 0.6 is 0 Å². The van der Waals surface area contributed by atoms with E-state index in [1.54, 1.807) is 24.3 Å². The molecule has 0 spiro atoms. The van der Waals surface area contributed by atoms with Gasteiger partial charge in [0.2, 0.25) is 16.0 Å². The van der Waals surface area contributed by atoms with Gasteiger partial charge in [-0.3, -0.25) is 9.29 Å². The van der Waals surface area contributed by atoms with Crippen LogP contribution < -0.4 is 14.2 Å². The van der Waals surface area contributed by atoms with Gasteiger partial charge in [0.15, 0.2) is 11.6 Å². The van der Waals surface area contributed by atoms with Crippen molar-refractivity contribution in [1.82, 2.24) is 34.7 Å². The van der Waals surface area contributed by atoms with Crippen molar-refractivity contribution in [2.24, 2.45) is 0 Å². The molecular weight excluding hydrogens is 479 g/mol. The maximum Gasteiger partial charge on any atom is 0.243 e. The molecule has 1 N–H and O–H groups in total. The molecule has 182 valence electrons. The fourth-order valence-corrected chi connectivity index (χ4v) is 4.20. The SMILES string of the molecule is COc1cccc(OC)c1-n1c(NS(=O)(=O)[C@H](C)Cc2ncc(F)cn2)nnc1-c1ccncn1. The maximum absolute atomic E-state index is 13.2. The number of anilines is 1. The van der Waals surface area contributed by atoms with E-state index in [1.807, 2.05) is 0 Å². The standard InChI is InChI=1S/C21H21FN8O4S/c1-13(9-18-24-10-14(22)11-25-18)35(31,32)29-21-28-27-20(15-7-8-23-12-26-15)30(21)19-16(33-2)5-4-6-17(19)34-3/h4-8,10-13H,9H2,1-3H3,(H,28,29)/t13-/m1/s1. The van der Waals surface area contributed by atoms with E-state index < -0.39 is 21.1 Å². The summed E-state index contributed by atoms with van der Waals surface area (Å²) in [4.78, 5) is 15.8. The van der Waals surface area contributed by atoms with Crippen molar-refractivity contribution in [3.8, 4) is 28.7 Å². The number of rotatable bonds is 9. The van der Waals surface area contributed by atoms with Crippen LogP contribution in [0, 0.1) is 5.82 Å². The Labute approximate surface area is 200 Å². The molecule has 3 aromatic heterocycles. The second-order valence-corrected chi connectivity index (χ2v) is 9.37. The van der Waals surface area contributed by atoms with Crippen molar-refractivity contribution in [3.63, 3.8) is 0 Å². The summed E-state index contributed by atoms with van der Waals surface area (Å²) in [5, 5.41) is 7.26. The zero-order valence-corrected chi connectivity index (χ0v) is 19.8. The van der Waals surface area contributed by atoms with Crippen LogP contribution in [-0.2, 0) is 16.4 Å². The first kappa shape index (κ1) is 23.9. The summed E-state index contributed by atoms with van der Waals surface area (Å²) in [5.41, 5.74) is 0.752. The molecule has 0 saturated carbocycles. The molecule has 4 rings (SSSR count). The number of ether oxygens (including phenoxy) is 2. The number of aromatic nitrogens is 7. The topological polar surface area (TPSA) is 147 Å². The molecule has 12 nitrogen and oxygen atoms in total. The first-order valence-corrected chi connectivity index (χ1v) is 11.8. The molecule has 0 aliphatic heterocycles. The average Bonchev–Trinajstić information content (AvgIpc) is 3.27. The zero-order chi connectivity index (χ0) is 25.0. The summed E-state index contributed by atoms with van der Waals surface area (Å²) >= 11 is 0. The van der Waals surface area contributed by atoms with E-state index in [9.17, 15) is 12.8 Å². The fraction of sp³-hybridized carbons (Fsp3) is 0.238. The Hall–Kier alpha value is -4.20. The predicted octanol–water partition coefficient (Wildman–Crippen LogP) is 2.04. The second-order valence-electron chi connectivity index (χ2n) is 7.27. The van der Waals surface area contributed by atoms with Gasteiger partial charge < -0.3 is 9.47 Å². The van der Waals surface area contributed by atoms with E-state index in [0.717, 1.165) is 12.4 Å². The smallest absolute Gasteiger partial charge is 0.243 e. The third kappa shape index (κ3) is 5.01. The number of methoxy groups -OCH3 is 2. The van der Waals surface area contributed by atoms with Crippen molar-refractivity contribution in [2.75, 3.05) is 18.9 Å². The van der Waals surface area contributed by atoms with Crippen LogP contribution in [0.1, 0.15) is 12.7 Å². The minimum atomic E-state index is -4.02. The van der Waals surface area contributed by atoms with Gasteiger partial charge in [-0.1, -0.05) is 6.07 Å². The third-order valence-corrected chi connectivity index (χ3v) is 6.70. The molecule has 1 aromatic carbocycles. The molecular formula is C21H21FN8O4S. The number of nitrogens with zero attached hydrogens (tertiary/aromatic N) is 7. The lowest BCUT2D eigenvalue weighted by Gasteiger charge is -2.18. The number of benzene rings is 1. The lowest BCUT2D eigenvalue weighted by molar-refractivity contribution is 0.391. The summed E-state index contributed by atoms with van der Waals surface area (Å²) in [6.07, 6.45) is 4.76. The summed E-state index contributed by atoms with van der Waals surface area (Å²) < 4.78 is 54.5. The van der Waals surface area contributed by atoms with Crippen LogP contribution in [0.3, 0.4) is 0 Å². The highest BCUT2D eigenvalue weighted by molar-refractivity contribution is 7.93. The Morgan fingerprint density at radius 3 is 2.34 bits per heavy atom. The average molecular weight is 501 g/mol. The van der Waals surface area contributed by atoms with Crippen molar-refractivity contribution < 1.29 is 22.3 Å². The van der Waals surface area contributed by atoms with E-state index in [2.05, 4.69) is 34.9 Å². The zero-order valence-electron chi connectivity index (χ0n) is 19.0. The van der Waals surface area contributed by atoms with Gasteiger partial charge in [-0.25, -0.2) is 32.7 Å². The molecule has 0 amide bonds. The second kappa shape index (κ2) is 9.97. The van der Waals surface area contributed by atoms with Gasteiger partial charge in [0.05, 0.1) is 31.9 Å². The minimum Gasteiger partial charge on any atom is -0.494 e. The normalized spacial score (nSPS) is 12.2. The summed E-state index contributed by atoms with van der Waals surface area (Å²) in [7, 11) is -1.07. The van der Waals surface area contributed by atoms with Gasteiger partial charge in [-0.05, 0) is 25.1 Å². The highest BCUT2D eigenvalue weighted by Crippen LogP contribution is 2.37. The van der Waals surface area contributed by atoms with E-state index in [-0.39, 0.29) is 24.0 Å². The molecule has 0 saturated heterocycles. The summed E-state index contributed by atoms with van der Waals surface area (Å²) in [6.45, 7) is 1.48. The summed E-state index contributed by atoms with van der Waals surface area (Å²) in [6, 6.07) is 6.71. The van der Waals surface area contributed by atoms with Crippen LogP contribution in [-0.4, -0.2) is 62.6 Å². The Balaban J connectivity index is 1.79. The van der Waals surface area contributed by atoms with Crippen LogP contribution in [0.25, 0.3) is 17.2 Å². The lowest BCUT2D eigenvalue weighted by atomic mass is 10.2. The quantitative estimate of drug-likeness (QED) is 0.362. The Bertz CT molecular complexity index is 1390. The molecule has 1 atom stereocenters. The largest absolute Gasteiger partial charge is 0.494 e. The van der Waals surface area contributed by atoms with Crippen LogP contribution in [0.4, 0.5) is 10.3 Å². The van der Waals surface area contributed by atoms with E-state index in [1.165, 1.54) is 38.2 Å². The molecule has 3 heterocycles. The summed E-state index contributed by atoms with van der Waals surface area (Å²) in [5.74, 6) is 0.438. The highest BCUT2D eigenvalue weighted by atomic mass is 32.2. The number of hydrogen-bond acceptors (Lipinski definition) is 10. The van der Waals surface area contributed by atoms with Gasteiger partial charge in [0.25, 0.3) is 0 Å². The minimum absolute atomic E-state index is 0.0551. The van der Waals surface area contributed by atoms with Crippen molar-refractivity contribution in [2.45, 2.75) is 18.6 Å². The van der Waals surface area contributed by atoms with Crippen molar-refractivity contribution in [1.29, 1.82) is 0 Å². The number of hydrogen-bond donors (Lipinski definition) is 1. The van der Waals surface area contributed by atoms with Gasteiger partial charge in [-0.15, -0.1) is 10.2 Å². The monoisotopic (exact) mass is 500 g/mol. The van der Waals surface area contributed by atoms with E-state index >= 15 is 0 Å². The first-order valence-electron chi connectivity index (χ1n) is 10.2. The first-order chi connectivity index (χ1) is 16.8. The molecule has 0 fully saturated rings. The highest BCUT2D eigenvalue weighted by Gasteiger charge is 2.28. The predicted molar refractivity (Wildman–Crippen MR) is 123 cm³/mol. The van der Waals surface area contributed by atoms with Crippen LogP contribution in [0.2, 0.25) is 0 Å². The fourth-order valence-electron chi connectivity index (χ4n) is 3.24. The number of sulfonamides is 1. The van der Waals surface area contributed by atoms with Gasteiger partial charge in [0, 0.05) is 12.6 Å². The molecule has 14 heteroatoms. The van der Waals surface area contributed by atoms with Gasteiger partial charge >= 0.3 is 0 Å². The molecule has 35 heavy (non-hydrogen) atoms. The Morgan fingerprint density at radius 1 is 1.06 bits per heavy atom. The van der Waals surface area contributed by atoms with Crippen LogP contribution in [0.15, 0.2) is 49.2 Å². The molecule has 0 radical (unpaired) electrons. The van der Waals surface area contributed by atoms with Gasteiger partial charge in [0.1, 0.15) is 35.0 Å². The molecule has 4 aromatic rings. The number of halogens is 1. The van der Waals surface area contributed by atoms with E-state index in [0.29, 0.717) is 22.9 Å². The molecule has 0 unspecified atom stereocenters. The molecule has 0 aliphatic carbocycles. The van der Waals surface area contributed by atoms with Crippen molar-refractivity contribution >= 4 is 16.0 Å². The number of nitrogens with one attached hydrogen (secondary N) is 1. The van der Waals surface area contributed by atoms with Crippen LogP contribution in [0.5, 0.6) is 11.5 Å². The number of para-hydroxylation sites is 1. The lowest BCUT2D eigenvalue weighted by Crippen LogP contribution is -2.29. The third-order valence-electron chi connectivity index (χ3n) is 5.01.